The summed E-state index contributed by atoms with van der Waals surface area (Å²) in [6.45, 7) is 7.00. The molecule has 1 unspecified atom stereocenters. The SMILES string of the molecule is COc1ccc(N2C(N3CCOCC3)=NC(N)=NC2Nc2ccc(C)c(C)c2)cc1. The normalized spacial score (nSPS) is 19.2. The van der Waals surface area contributed by atoms with E-state index in [0.717, 1.165) is 36.2 Å². The summed E-state index contributed by atoms with van der Waals surface area (Å²) in [4.78, 5) is 13.5. The van der Waals surface area contributed by atoms with Crippen LogP contribution in [0.15, 0.2) is 52.4 Å². The van der Waals surface area contributed by atoms with Gasteiger partial charge >= 0.3 is 0 Å². The molecule has 0 radical (unpaired) electrons. The number of aryl methyl sites for hydroxylation is 2. The molecule has 0 bridgehead atoms. The molecule has 0 amide bonds. The van der Waals surface area contributed by atoms with Crippen molar-refractivity contribution in [3.05, 3.63) is 53.6 Å². The summed E-state index contributed by atoms with van der Waals surface area (Å²) >= 11 is 0. The van der Waals surface area contributed by atoms with E-state index in [0.29, 0.717) is 13.2 Å². The second-order valence-electron chi connectivity index (χ2n) is 7.38. The molecule has 158 valence electrons. The molecule has 2 aromatic rings. The highest BCUT2D eigenvalue weighted by molar-refractivity contribution is 6.06. The van der Waals surface area contributed by atoms with Crippen molar-refractivity contribution in [3.63, 3.8) is 0 Å². The second kappa shape index (κ2) is 8.62. The van der Waals surface area contributed by atoms with Crippen LogP contribution in [0.25, 0.3) is 0 Å². The lowest BCUT2D eigenvalue weighted by Crippen LogP contribution is -2.57. The fourth-order valence-corrected chi connectivity index (χ4v) is 3.54. The predicted molar refractivity (Wildman–Crippen MR) is 120 cm³/mol. The smallest absolute Gasteiger partial charge is 0.222 e. The Bertz CT molecular complexity index is 951. The number of guanidine groups is 2. The third-order valence-corrected chi connectivity index (χ3v) is 5.38. The maximum atomic E-state index is 6.13. The van der Waals surface area contributed by atoms with Crippen LogP contribution in [0, 0.1) is 13.8 Å². The van der Waals surface area contributed by atoms with E-state index in [9.17, 15) is 0 Å². The Balaban J connectivity index is 1.71. The number of nitrogens with one attached hydrogen (secondary N) is 1. The van der Waals surface area contributed by atoms with Gasteiger partial charge < -0.3 is 25.4 Å². The number of nitrogens with two attached hydrogens (primary N) is 1. The monoisotopic (exact) mass is 408 g/mol. The van der Waals surface area contributed by atoms with Crippen LogP contribution in [-0.2, 0) is 4.74 Å². The Morgan fingerprint density at radius 2 is 1.80 bits per heavy atom. The molecular formula is C22H28N6O2. The van der Waals surface area contributed by atoms with Crippen LogP contribution in [0.5, 0.6) is 5.75 Å². The highest BCUT2D eigenvalue weighted by atomic mass is 16.5. The lowest BCUT2D eigenvalue weighted by molar-refractivity contribution is 0.0671. The molecule has 1 fully saturated rings. The van der Waals surface area contributed by atoms with Crippen LogP contribution in [0.3, 0.4) is 0 Å². The third-order valence-electron chi connectivity index (χ3n) is 5.38. The first kappa shape index (κ1) is 20.0. The van der Waals surface area contributed by atoms with E-state index < -0.39 is 6.29 Å². The molecule has 1 saturated heterocycles. The van der Waals surface area contributed by atoms with E-state index in [-0.39, 0.29) is 5.96 Å². The quantitative estimate of drug-likeness (QED) is 0.808. The van der Waals surface area contributed by atoms with Gasteiger partial charge in [-0.3, -0.25) is 4.90 Å². The van der Waals surface area contributed by atoms with Gasteiger partial charge in [-0.2, -0.15) is 4.99 Å². The van der Waals surface area contributed by atoms with Gasteiger partial charge in [-0.05, 0) is 61.4 Å². The van der Waals surface area contributed by atoms with Crippen molar-refractivity contribution >= 4 is 23.3 Å². The highest BCUT2D eigenvalue weighted by Gasteiger charge is 2.32. The number of methoxy groups -OCH3 is 1. The predicted octanol–water partition coefficient (Wildman–Crippen LogP) is 2.53. The number of ether oxygens (including phenoxy) is 2. The molecule has 0 saturated carbocycles. The van der Waals surface area contributed by atoms with Crippen molar-refractivity contribution in [1.29, 1.82) is 0 Å². The van der Waals surface area contributed by atoms with Crippen molar-refractivity contribution in [2.75, 3.05) is 43.6 Å². The van der Waals surface area contributed by atoms with Crippen molar-refractivity contribution in [2.24, 2.45) is 15.7 Å². The number of aliphatic imine (C=N–C) groups is 2. The molecule has 2 aliphatic rings. The number of morpholine rings is 1. The Hall–Kier alpha value is -3.26. The van der Waals surface area contributed by atoms with Crippen molar-refractivity contribution in [2.45, 2.75) is 20.1 Å². The molecule has 0 aromatic heterocycles. The van der Waals surface area contributed by atoms with E-state index in [1.807, 2.05) is 24.3 Å². The van der Waals surface area contributed by atoms with Crippen molar-refractivity contribution in [1.82, 2.24) is 4.90 Å². The van der Waals surface area contributed by atoms with Gasteiger partial charge in [0.2, 0.25) is 18.2 Å². The molecule has 2 aliphatic heterocycles. The maximum absolute atomic E-state index is 6.13. The number of anilines is 2. The van der Waals surface area contributed by atoms with E-state index in [1.54, 1.807) is 7.11 Å². The summed E-state index contributed by atoms with van der Waals surface area (Å²) in [5, 5.41) is 3.51. The molecule has 4 rings (SSSR count). The van der Waals surface area contributed by atoms with Gasteiger partial charge in [-0.25, -0.2) is 4.99 Å². The van der Waals surface area contributed by atoms with Crippen LogP contribution in [-0.4, -0.2) is 56.5 Å². The molecule has 2 heterocycles. The third kappa shape index (κ3) is 4.18. The Morgan fingerprint density at radius 3 is 2.47 bits per heavy atom. The van der Waals surface area contributed by atoms with Crippen molar-refractivity contribution < 1.29 is 9.47 Å². The molecule has 0 spiro atoms. The number of rotatable bonds is 4. The topological polar surface area (TPSA) is 87.7 Å². The van der Waals surface area contributed by atoms with Gasteiger partial charge in [0.15, 0.2) is 0 Å². The van der Waals surface area contributed by atoms with Gasteiger partial charge in [0.1, 0.15) is 5.75 Å². The zero-order chi connectivity index (χ0) is 21.1. The van der Waals surface area contributed by atoms with Gasteiger partial charge in [0.25, 0.3) is 0 Å². The van der Waals surface area contributed by atoms with Gasteiger partial charge in [-0.1, -0.05) is 6.07 Å². The van der Waals surface area contributed by atoms with Crippen LogP contribution in [0.1, 0.15) is 11.1 Å². The number of nitrogens with zero attached hydrogens (tertiary/aromatic N) is 4. The zero-order valence-electron chi connectivity index (χ0n) is 17.6. The van der Waals surface area contributed by atoms with Crippen molar-refractivity contribution in [3.8, 4) is 5.75 Å². The van der Waals surface area contributed by atoms with Crippen LogP contribution in [0.4, 0.5) is 11.4 Å². The van der Waals surface area contributed by atoms with E-state index >= 15 is 0 Å². The lowest BCUT2D eigenvalue weighted by Gasteiger charge is -2.41. The molecule has 2 aromatic carbocycles. The largest absolute Gasteiger partial charge is 0.497 e. The van der Waals surface area contributed by atoms with Crippen LogP contribution >= 0.6 is 0 Å². The minimum atomic E-state index is -0.434. The average molecular weight is 409 g/mol. The molecule has 0 aliphatic carbocycles. The zero-order valence-corrected chi connectivity index (χ0v) is 17.6. The van der Waals surface area contributed by atoms with Gasteiger partial charge in [0.05, 0.1) is 20.3 Å². The minimum absolute atomic E-state index is 0.252. The first-order valence-electron chi connectivity index (χ1n) is 10.1. The Labute approximate surface area is 177 Å². The first-order valence-corrected chi connectivity index (χ1v) is 10.1. The fraction of sp³-hybridized carbons (Fsp3) is 0.364. The Morgan fingerprint density at radius 1 is 1.07 bits per heavy atom. The highest BCUT2D eigenvalue weighted by Crippen LogP contribution is 2.27. The first-order chi connectivity index (χ1) is 14.5. The molecule has 8 nitrogen and oxygen atoms in total. The standard InChI is InChI=1S/C22H28N6O2/c1-15-4-5-17(14-16(15)2)24-21-25-20(23)26-22(27-10-12-30-13-11-27)28(21)18-6-8-19(29-3)9-7-18/h4-9,14,21,24H,10-13H2,1-3H3,(H2,23,25). The summed E-state index contributed by atoms with van der Waals surface area (Å²) < 4.78 is 10.9. The average Bonchev–Trinajstić information content (AvgIpc) is 2.77. The summed E-state index contributed by atoms with van der Waals surface area (Å²) in [6, 6.07) is 14.1. The molecular weight excluding hydrogens is 380 g/mol. The number of hydrogen-bond acceptors (Lipinski definition) is 8. The van der Waals surface area contributed by atoms with Gasteiger partial charge in [0, 0.05) is 24.5 Å². The minimum Gasteiger partial charge on any atom is -0.497 e. The summed E-state index contributed by atoms with van der Waals surface area (Å²) in [6.07, 6.45) is -0.434. The lowest BCUT2D eigenvalue weighted by atomic mass is 10.1. The molecule has 1 atom stereocenters. The van der Waals surface area contributed by atoms with Gasteiger partial charge in [-0.15, -0.1) is 0 Å². The van der Waals surface area contributed by atoms with E-state index in [2.05, 4.69) is 57.1 Å². The number of hydrogen-bond donors (Lipinski definition) is 2. The van der Waals surface area contributed by atoms with E-state index in [1.165, 1.54) is 11.1 Å². The second-order valence-corrected chi connectivity index (χ2v) is 7.38. The summed E-state index contributed by atoms with van der Waals surface area (Å²) in [5.41, 5.74) is 10.5. The van der Waals surface area contributed by atoms with Crippen LogP contribution < -0.4 is 20.7 Å². The molecule has 3 N–H and O–H groups in total. The van der Waals surface area contributed by atoms with E-state index in [4.69, 9.17) is 15.2 Å². The number of benzene rings is 2. The summed E-state index contributed by atoms with van der Waals surface area (Å²) in [7, 11) is 1.66. The molecule has 30 heavy (non-hydrogen) atoms. The maximum Gasteiger partial charge on any atom is 0.222 e. The molecule has 8 heteroatoms. The van der Waals surface area contributed by atoms with Crippen LogP contribution in [0.2, 0.25) is 0 Å². The Kier molecular flexibility index (Phi) is 5.76. The summed E-state index contributed by atoms with van der Waals surface area (Å²) in [5.74, 6) is 1.81. The fourth-order valence-electron chi connectivity index (χ4n) is 3.54.